The molecule has 0 N–H and O–H groups in total. The third-order valence-corrected chi connectivity index (χ3v) is 3.70. The lowest BCUT2D eigenvalue weighted by Gasteiger charge is -2.12. The Labute approximate surface area is 122 Å². The first kappa shape index (κ1) is 13.3. The molecule has 0 spiro atoms. The van der Waals surface area contributed by atoms with E-state index in [1.165, 1.54) is 6.92 Å². The van der Waals surface area contributed by atoms with E-state index in [0.717, 1.165) is 11.1 Å². The minimum absolute atomic E-state index is 0.0293. The molecule has 3 heteroatoms. The molecule has 2 aromatic heterocycles. The molecule has 0 radical (unpaired) electrons. The lowest BCUT2D eigenvalue weighted by atomic mass is 9.98. The Morgan fingerprint density at radius 3 is 2.38 bits per heavy atom. The van der Waals surface area contributed by atoms with Gasteiger partial charge in [-0.15, -0.1) is 0 Å². The number of carbonyl (C=O) groups is 2. The standard InChI is InChI=1S/C18H15NO2/c1-12-16(13(2)20)11-15-9-6-10-19(15)17(12)18(21)14-7-4-3-5-8-14/h3-11H,1-2H3. The molecule has 0 atom stereocenters. The second-order valence-corrected chi connectivity index (χ2v) is 5.09. The van der Waals surface area contributed by atoms with Gasteiger partial charge in [-0.3, -0.25) is 9.59 Å². The lowest BCUT2D eigenvalue weighted by molar-refractivity contribution is 0.101. The van der Waals surface area contributed by atoms with Crippen molar-refractivity contribution in [2.24, 2.45) is 0 Å². The quantitative estimate of drug-likeness (QED) is 0.685. The number of carbonyl (C=O) groups excluding carboxylic acids is 2. The summed E-state index contributed by atoms with van der Waals surface area (Å²) in [6.45, 7) is 3.35. The normalized spacial score (nSPS) is 10.8. The number of ketones is 2. The van der Waals surface area contributed by atoms with E-state index in [2.05, 4.69) is 0 Å². The first-order chi connectivity index (χ1) is 10.1. The summed E-state index contributed by atoms with van der Waals surface area (Å²) in [6.07, 6.45) is 1.85. The van der Waals surface area contributed by atoms with E-state index in [-0.39, 0.29) is 11.6 Å². The molecule has 1 aromatic carbocycles. The Bertz CT molecular complexity index is 844. The number of fused-ring (bicyclic) bond motifs is 1. The van der Waals surface area contributed by atoms with E-state index in [9.17, 15) is 9.59 Å². The molecular formula is C18H15NO2. The van der Waals surface area contributed by atoms with Crippen LogP contribution in [0, 0.1) is 6.92 Å². The van der Waals surface area contributed by atoms with Gasteiger partial charge in [-0.2, -0.15) is 0 Å². The molecule has 3 aromatic rings. The lowest BCUT2D eigenvalue weighted by Crippen LogP contribution is -2.13. The second kappa shape index (κ2) is 5.02. The molecule has 0 bridgehead atoms. The fourth-order valence-corrected chi connectivity index (χ4v) is 2.65. The Morgan fingerprint density at radius 1 is 1.00 bits per heavy atom. The zero-order valence-electron chi connectivity index (χ0n) is 12.0. The molecule has 0 amide bonds. The highest BCUT2D eigenvalue weighted by molar-refractivity contribution is 6.11. The van der Waals surface area contributed by atoms with Crippen LogP contribution < -0.4 is 0 Å². The molecule has 0 aliphatic heterocycles. The van der Waals surface area contributed by atoms with E-state index in [1.807, 2.05) is 53.9 Å². The Hall–Kier alpha value is -2.68. The van der Waals surface area contributed by atoms with Crippen LogP contribution in [0.25, 0.3) is 5.52 Å². The van der Waals surface area contributed by atoms with Crippen LogP contribution in [-0.2, 0) is 0 Å². The van der Waals surface area contributed by atoms with Crippen LogP contribution in [0.5, 0.6) is 0 Å². The number of nitrogens with zero attached hydrogens (tertiary/aromatic N) is 1. The van der Waals surface area contributed by atoms with Crippen molar-refractivity contribution in [2.45, 2.75) is 13.8 Å². The summed E-state index contributed by atoms with van der Waals surface area (Å²) < 4.78 is 1.84. The highest BCUT2D eigenvalue weighted by Crippen LogP contribution is 2.22. The Morgan fingerprint density at radius 2 is 1.71 bits per heavy atom. The number of aromatic nitrogens is 1. The summed E-state index contributed by atoms with van der Waals surface area (Å²) in [5, 5.41) is 0. The third-order valence-electron chi connectivity index (χ3n) is 3.70. The number of hydrogen-bond acceptors (Lipinski definition) is 2. The van der Waals surface area contributed by atoms with Gasteiger partial charge in [-0.1, -0.05) is 30.3 Å². The van der Waals surface area contributed by atoms with Gasteiger partial charge in [0.2, 0.25) is 5.78 Å². The summed E-state index contributed by atoms with van der Waals surface area (Å²) in [4.78, 5) is 24.6. The van der Waals surface area contributed by atoms with Crippen molar-refractivity contribution < 1.29 is 9.59 Å². The number of rotatable bonds is 3. The number of benzene rings is 1. The van der Waals surface area contributed by atoms with Gasteiger partial charge in [0, 0.05) is 22.8 Å². The number of Topliss-reactive ketones (excluding diaryl/α,β-unsaturated/α-hetero) is 1. The van der Waals surface area contributed by atoms with Crippen LogP contribution in [0.3, 0.4) is 0 Å². The van der Waals surface area contributed by atoms with Crippen LogP contribution in [0.15, 0.2) is 54.7 Å². The Kier molecular flexibility index (Phi) is 3.18. The fraction of sp³-hybridized carbons (Fsp3) is 0.111. The molecule has 0 saturated carbocycles. The van der Waals surface area contributed by atoms with Crippen molar-refractivity contribution >= 4 is 17.1 Å². The predicted molar refractivity (Wildman–Crippen MR) is 82.0 cm³/mol. The van der Waals surface area contributed by atoms with E-state index in [4.69, 9.17) is 0 Å². The summed E-state index contributed by atoms with van der Waals surface area (Å²) in [7, 11) is 0. The first-order valence-electron chi connectivity index (χ1n) is 6.81. The maximum absolute atomic E-state index is 12.8. The van der Waals surface area contributed by atoms with Crippen LogP contribution in [-0.4, -0.2) is 16.0 Å². The van der Waals surface area contributed by atoms with Gasteiger partial charge in [0.1, 0.15) is 0 Å². The summed E-state index contributed by atoms with van der Waals surface area (Å²) >= 11 is 0. The highest BCUT2D eigenvalue weighted by Gasteiger charge is 2.19. The molecule has 0 aliphatic carbocycles. The fourth-order valence-electron chi connectivity index (χ4n) is 2.65. The molecular weight excluding hydrogens is 262 g/mol. The van der Waals surface area contributed by atoms with Crippen molar-refractivity contribution in [1.82, 2.24) is 4.40 Å². The molecule has 0 unspecified atom stereocenters. The van der Waals surface area contributed by atoms with Gasteiger partial charge >= 0.3 is 0 Å². The van der Waals surface area contributed by atoms with Crippen LogP contribution in [0.2, 0.25) is 0 Å². The van der Waals surface area contributed by atoms with Crippen LogP contribution >= 0.6 is 0 Å². The van der Waals surface area contributed by atoms with E-state index in [0.29, 0.717) is 16.8 Å². The SMILES string of the molecule is CC(=O)c1cc2cccn2c(C(=O)c2ccccc2)c1C. The van der Waals surface area contributed by atoms with Crippen molar-refractivity contribution in [3.8, 4) is 0 Å². The monoisotopic (exact) mass is 277 g/mol. The zero-order chi connectivity index (χ0) is 15.0. The van der Waals surface area contributed by atoms with Crippen molar-refractivity contribution in [3.05, 3.63) is 77.1 Å². The minimum Gasteiger partial charge on any atom is -0.313 e. The summed E-state index contributed by atoms with van der Waals surface area (Å²) in [5.41, 5.74) is 3.34. The zero-order valence-corrected chi connectivity index (χ0v) is 12.0. The maximum Gasteiger partial charge on any atom is 0.210 e. The molecule has 0 aliphatic rings. The largest absolute Gasteiger partial charge is 0.313 e. The predicted octanol–water partition coefficient (Wildman–Crippen LogP) is 3.68. The highest BCUT2D eigenvalue weighted by atomic mass is 16.1. The number of pyridine rings is 1. The average molecular weight is 277 g/mol. The van der Waals surface area contributed by atoms with Gasteiger partial charge < -0.3 is 4.40 Å². The molecule has 3 nitrogen and oxygen atoms in total. The van der Waals surface area contributed by atoms with Crippen molar-refractivity contribution in [1.29, 1.82) is 0 Å². The third kappa shape index (κ3) is 2.17. The van der Waals surface area contributed by atoms with Gasteiger partial charge in [-0.25, -0.2) is 0 Å². The van der Waals surface area contributed by atoms with Crippen LogP contribution in [0.4, 0.5) is 0 Å². The average Bonchev–Trinajstić information content (AvgIpc) is 2.94. The second-order valence-electron chi connectivity index (χ2n) is 5.09. The summed E-state index contributed by atoms with van der Waals surface area (Å²) in [5.74, 6) is -0.101. The van der Waals surface area contributed by atoms with Crippen molar-refractivity contribution in [2.75, 3.05) is 0 Å². The summed E-state index contributed by atoms with van der Waals surface area (Å²) in [6, 6.07) is 14.7. The number of hydrogen-bond donors (Lipinski definition) is 0. The molecule has 0 saturated heterocycles. The van der Waals surface area contributed by atoms with E-state index in [1.54, 1.807) is 12.1 Å². The van der Waals surface area contributed by atoms with Gasteiger partial charge in [0.05, 0.1) is 5.69 Å². The topological polar surface area (TPSA) is 38.5 Å². The smallest absolute Gasteiger partial charge is 0.210 e. The molecule has 2 heterocycles. The molecule has 104 valence electrons. The first-order valence-corrected chi connectivity index (χ1v) is 6.81. The van der Waals surface area contributed by atoms with Crippen molar-refractivity contribution in [3.63, 3.8) is 0 Å². The van der Waals surface area contributed by atoms with Gasteiger partial charge in [0.25, 0.3) is 0 Å². The Balaban J connectivity index is 2.30. The molecule has 21 heavy (non-hydrogen) atoms. The van der Waals surface area contributed by atoms with E-state index >= 15 is 0 Å². The minimum atomic E-state index is -0.0719. The van der Waals surface area contributed by atoms with Crippen LogP contribution in [0.1, 0.15) is 38.9 Å². The molecule has 3 rings (SSSR count). The molecule has 0 fully saturated rings. The maximum atomic E-state index is 12.8. The van der Waals surface area contributed by atoms with E-state index < -0.39 is 0 Å². The van der Waals surface area contributed by atoms with Gasteiger partial charge in [0.15, 0.2) is 5.78 Å². The van der Waals surface area contributed by atoms with Gasteiger partial charge in [-0.05, 0) is 37.6 Å².